The van der Waals surface area contributed by atoms with E-state index >= 15 is 0 Å². The molecule has 0 saturated heterocycles. The predicted molar refractivity (Wildman–Crippen MR) is 117 cm³/mol. The van der Waals surface area contributed by atoms with E-state index in [1.807, 2.05) is 39.0 Å². The Morgan fingerprint density at radius 2 is 1.93 bits per heavy atom. The van der Waals surface area contributed by atoms with Crippen molar-refractivity contribution < 1.29 is 14.3 Å². The Hall–Kier alpha value is -2.60. The number of hydrogen-bond donors (Lipinski definition) is 2. The summed E-state index contributed by atoms with van der Waals surface area (Å²) >= 11 is 3.41. The summed E-state index contributed by atoms with van der Waals surface area (Å²) in [5, 5.41) is 5.73. The first-order chi connectivity index (χ1) is 13.3. The maximum absolute atomic E-state index is 12.3. The molecule has 2 rings (SSSR count). The Bertz CT molecular complexity index is 891. The Morgan fingerprint density at radius 1 is 1.18 bits per heavy atom. The van der Waals surface area contributed by atoms with Crippen molar-refractivity contribution in [3.05, 3.63) is 63.6 Å². The molecule has 0 aliphatic carbocycles. The summed E-state index contributed by atoms with van der Waals surface area (Å²) in [6.07, 6.45) is 3.15. The second-order valence-electron chi connectivity index (χ2n) is 6.84. The average molecular weight is 445 g/mol. The van der Waals surface area contributed by atoms with Crippen molar-refractivity contribution in [2.45, 2.75) is 20.8 Å². The zero-order valence-corrected chi connectivity index (χ0v) is 18.1. The molecule has 0 spiro atoms. The van der Waals surface area contributed by atoms with Crippen LogP contribution in [0.15, 0.2) is 46.9 Å². The van der Waals surface area contributed by atoms with E-state index in [4.69, 9.17) is 4.74 Å². The van der Waals surface area contributed by atoms with Crippen LogP contribution in [0.3, 0.4) is 0 Å². The number of nitrogens with one attached hydrogen (secondary N) is 2. The minimum absolute atomic E-state index is 0.115. The van der Waals surface area contributed by atoms with Crippen LogP contribution in [-0.2, 0) is 4.79 Å². The molecular formula is C22H25BrN2O3. The van der Waals surface area contributed by atoms with Crippen molar-refractivity contribution in [2.75, 3.05) is 19.0 Å². The van der Waals surface area contributed by atoms with Crippen molar-refractivity contribution in [1.82, 2.24) is 5.32 Å². The Morgan fingerprint density at radius 3 is 2.57 bits per heavy atom. The molecule has 6 heteroatoms. The lowest BCUT2D eigenvalue weighted by Crippen LogP contribution is -2.27. The maximum Gasteiger partial charge on any atom is 0.251 e. The molecule has 28 heavy (non-hydrogen) atoms. The number of anilines is 1. The van der Waals surface area contributed by atoms with Crippen LogP contribution in [-0.4, -0.2) is 25.5 Å². The second kappa shape index (κ2) is 10.1. The van der Waals surface area contributed by atoms with E-state index in [9.17, 15) is 9.59 Å². The molecule has 2 amide bonds. The highest BCUT2D eigenvalue weighted by atomic mass is 79.9. The van der Waals surface area contributed by atoms with E-state index in [2.05, 4.69) is 26.6 Å². The number of carbonyl (C=O) groups is 2. The molecule has 0 aliphatic rings. The molecule has 0 radical (unpaired) electrons. The molecule has 148 valence electrons. The van der Waals surface area contributed by atoms with Gasteiger partial charge in [0, 0.05) is 33.9 Å². The van der Waals surface area contributed by atoms with Crippen LogP contribution in [0.25, 0.3) is 6.08 Å². The molecule has 0 fully saturated rings. The molecule has 0 atom stereocenters. The summed E-state index contributed by atoms with van der Waals surface area (Å²) < 4.78 is 6.20. The van der Waals surface area contributed by atoms with Gasteiger partial charge in [-0.3, -0.25) is 9.59 Å². The quantitative estimate of drug-likeness (QED) is 0.602. The van der Waals surface area contributed by atoms with Crippen molar-refractivity contribution in [1.29, 1.82) is 0 Å². The summed E-state index contributed by atoms with van der Waals surface area (Å²) in [6, 6.07) is 10.8. The van der Waals surface area contributed by atoms with Gasteiger partial charge in [-0.1, -0.05) is 29.8 Å². The van der Waals surface area contributed by atoms with Crippen LogP contribution in [0.5, 0.6) is 5.75 Å². The maximum atomic E-state index is 12.3. The van der Waals surface area contributed by atoms with Crippen LogP contribution >= 0.6 is 15.9 Å². The number of ether oxygens (including phenoxy) is 1. The van der Waals surface area contributed by atoms with Gasteiger partial charge in [0.05, 0.1) is 7.11 Å². The number of amides is 2. The summed E-state index contributed by atoms with van der Waals surface area (Å²) in [5.41, 5.74) is 2.85. The van der Waals surface area contributed by atoms with Crippen LogP contribution in [0.4, 0.5) is 5.69 Å². The van der Waals surface area contributed by atoms with E-state index in [0.717, 1.165) is 15.6 Å². The number of hydrogen-bond acceptors (Lipinski definition) is 3. The van der Waals surface area contributed by atoms with Gasteiger partial charge in [0.2, 0.25) is 5.91 Å². The normalized spacial score (nSPS) is 10.9. The topological polar surface area (TPSA) is 67.4 Å². The van der Waals surface area contributed by atoms with Gasteiger partial charge in [-0.25, -0.2) is 0 Å². The third kappa shape index (κ3) is 6.23. The second-order valence-corrected chi connectivity index (χ2v) is 7.76. The van der Waals surface area contributed by atoms with E-state index in [-0.39, 0.29) is 11.8 Å². The van der Waals surface area contributed by atoms with E-state index in [1.165, 1.54) is 6.08 Å². The molecule has 5 nitrogen and oxygen atoms in total. The van der Waals surface area contributed by atoms with Gasteiger partial charge < -0.3 is 15.4 Å². The first kappa shape index (κ1) is 21.7. The summed E-state index contributed by atoms with van der Waals surface area (Å²) in [5.74, 6) is 0.693. The lowest BCUT2D eigenvalue weighted by atomic mass is 10.1. The third-order valence-electron chi connectivity index (χ3n) is 4.02. The van der Waals surface area contributed by atoms with Gasteiger partial charge in [0.15, 0.2) is 0 Å². The number of carbonyl (C=O) groups excluding carboxylic acids is 2. The third-order valence-corrected chi connectivity index (χ3v) is 4.52. The number of halogens is 1. The molecule has 0 unspecified atom stereocenters. The molecule has 0 aliphatic heterocycles. The van der Waals surface area contributed by atoms with Crippen molar-refractivity contribution >= 4 is 39.5 Å². The van der Waals surface area contributed by atoms with Crippen LogP contribution < -0.4 is 15.4 Å². The van der Waals surface area contributed by atoms with E-state index < -0.39 is 0 Å². The zero-order valence-electron chi connectivity index (χ0n) is 16.5. The molecule has 2 aromatic rings. The predicted octanol–water partition coefficient (Wildman–Crippen LogP) is 4.80. The Labute approximate surface area is 174 Å². The highest BCUT2D eigenvalue weighted by molar-refractivity contribution is 9.10. The smallest absolute Gasteiger partial charge is 0.251 e. The molecule has 0 aromatic heterocycles. The molecule has 0 heterocycles. The van der Waals surface area contributed by atoms with E-state index in [0.29, 0.717) is 29.5 Å². The SMILES string of the molecule is COc1ccc(Br)cc1/C=C/C(=O)Nc1ccc(C(=O)NCC(C)C)cc1C. The number of aryl methyl sites for hydroxylation is 1. The summed E-state index contributed by atoms with van der Waals surface area (Å²) in [6.45, 7) is 6.57. The molecule has 0 saturated carbocycles. The summed E-state index contributed by atoms with van der Waals surface area (Å²) in [7, 11) is 1.59. The fraction of sp³-hybridized carbons (Fsp3) is 0.273. The highest BCUT2D eigenvalue weighted by Crippen LogP contribution is 2.24. The molecular weight excluding hydrogens is 420 g/mol. The van der Waals surface area contributed by atoms with Gasteiger partial charge in [-0.2, -0.15) is 0 Å². The van der Waals surface area contributed by atoms with Crippen LogP contribution in [0.2, 0.25) is 0 Å². The molecule has 0 bridgehead atoms. The van der Waals surface area contributed by atoms with Gasteiger partial charge in [0.25, 0.3) is 5.91 Å². The van der Waals surface area contributed by atoms with Crippen molar-refractivity contribution in [3.63, 3.8) is 0 Å². The summed E-state index contributed by atoms with van der Waals surface area (Å²) in [4.78, 5) is 24.4. The van der Waals surface area contributed by atoms with Gasteiger partial charge >= 0.3 is 0 Å². The van der Waals surface area contributed by atoms with Gasteiger partial charge in [-0.15, -0.1) is 0 Å². The Kier molecular flexibility index (Phi) is 7.81. The first-order valence-electron chi connectivity index (χ1n) is 9.01. The van der Waals surface area contributed by atoms with Gasteiger partial charge in [0.1, 0.15) is 5.75 Å². The first-order valence-corrected chi connectivity index (χ1v) is 9.81. The minimum atomic E-state index is -0.262. The van der Waals surface area contributed by atoms with Crippen molar-refractivity contribution in [2.24, 2.45) is 5.92 Å². The van der Waals surface area contributed by atoms with Crippen LogP contribution in [0.1, 0.15) is 35.3 Å². The zero-order chi connectivity index (χ0) is 20.7. The molecule has 2 N–H and O–H groups in total. The van der Waals surface area contributed by atoms with Gasteiger partial charge in [-0.05, 0) is 60.9 Å². The molecule has 2 aromatic carbocycles. The number of rotatable bonds is 7. The lowest BCUT2D eigenvalue weighted by Gasteiger charge is -2.11. The Balaban J connectivity index is 2.06. The fourth-order valence-corrected chi connectivity index (χ4v) is 2.90. The van der Waals surface area contributed by atoms with E-state index in [1.54, 1.807) is 31.4 Å². The van der Waals surface area contributed by atoms with Crippen LogP contribution in [0, 0.1) is 12.8 Å². The number of benzene rings is 2. The number of methoxy groups -OCH3 is 1. The minimum Gasteiger partial charge on any atom is -0.496 e. The average Bonchev–Trinajstić information content (AvgIpc) is 2.66. The highest BCUT2D eigenvalue weighted by Gasteiger charge is 2.09. The largest absolute Gasteiger partial charge is 0.496 e. The fourth-order valence-electron chi connectivity index (χ4n) is 2.52. The van der Waals surface area contributed by atoms with Crippen molar-refractivity contribution in [3.8, 4) is 5.75 Å². The standard InChI is InChI=1S/C22H25BrN2O3/c1-14(2)13-24-22(27)17-5-8-19(15(3)11-17)25-21(26)10-6-16-12-18(23)7-9-20(16)28-4/h5-12,14H,13H2,1-4H3,(H,24,27)(H,25,26)/b10-6+. The lowest BCUT2D eigenvalue weighted by molar-refractivity contribution is -0.111. The monoisotopic (exact) mass is 444 g/mol.